The number of hydrogen-bond acceptors (Lipinski definition) is 6. The Morgan fingerprint density at radius 1 is 1.19 bits per heavy atom. The predicted molar refractivity (Wildman–Crippen MR) is 155 cm³/mol. The summed E-state index contributed by atoms with van der Waals surface area (Å²) in [4.78, 5) is 48.8. The first-order valence-electron chi connectivity index (χ1n) is 13.4. The maximum atomic E-state index is 14.5. The number of alkyl halides is 2. The average molecular weight is 601 g/mol. The first-order valence-corrected chi connectivity index (χ1v) is 14.3. The predicted octanol–water partition coefficient (Wildman–Crippen LogP) is 6.31. The normalized spacial score (nSPS) is 18.2. The molecule has 1 saturated carbocycles. The number of anilines is 2. The fraction of sp³-hybridized carbons (Fsp3) is 0.333. The highest BCUT2D eigenvalue weighted by Gasteiger charge is 2.51. The minimum absolute atomic E-state index is 0.0344. The Labute approximate surface area is 246 Å². The van der Waals surface area contributed by atoms with Gasteiger partial charge in [0, 0.05) is 37.0 Å². The number of ether oxygens (including phenoxy) is 1. The van der Waals surface area contributed by atoms with Crippen molar-refractivity contribution in [3.05, 3.63) is 82.9 Å². The van der Waals surface area contributed by atoms with Crippen LogP contribution in [-0.4, -0.2) is 59.5 Å². The molecule has 2 aliphatic rings. The third kappa shape index (κ3) is 6.03. The van der Waals surface area contributed by atoms with Crippen LogP contribution < -0.4 is 9.80 Å². The summed E-state index contributed by atoms with van der Waals surface area (Å²) in [6.07, 6.45) is -0.319. The SMILES string of the molecule is C=Cc1ccccc1[C@@H](C(=O)N(C)C1CC(F)(F)C1)N(C(=O)[C@@H]1COC(=O)N1c1cscn1)c1cccc(F)c1.CC. The van der Waals surface area contributed by atoms with Crippen molar-refractivity contribution in [3.8, 4) is 0 Å². The molecule has 1 aromatic heterocycles. The van der Waals surface area contributed by atoms with Crippen molar-refractivity contribution in [1.82, 2.24) is 9.88 Å². The third-order valence-corrected chi connectivity index (χ3v) is 7.69. The lowest BCUT2D eigenvalue weighted by Crippen LogP contribution is -2.56. The second-order valence-corrected chi connectivity index (χ2v) is 10.3. The molecule has 2 fully saturated rings. The first-order chi connectivity index (χ1) is 20.1. The van der Waals surface area contributed by atoms with Crippen LogP contribution in [0.15, 0.2) is 66.0 Å². The summed E-state index contributed by atoms with van der Waals surface area (Å²) in [6, 6.07) is 8.43. The summed E-state index contributed by atoms with van der Waals surface area (Å²) in [5.41, 5.74) is 2.39. The van der Waals surface area contributed by atoms with Gasteiger partial charge in [-0.2, -0.15) is 0 Å². The van der Waals surface area contributed by atoms with Gasteiger partial charge in [0.1, 0.15) is 24.3 Å². The molecular weight excluding hydrogens is 569 g/mol. The van der Waals surface area contributed by atoms with Crippen LogP contribution in [0.3, 0.4) is 0 Å². The summed E-state index contributed by atoms with van der Waals surface area (Å²) < 4.78 is 47.3. The number of amides is 3. The van der Waals surface area contributed by atoms with E-state index in [1.807, 2.05) is 13.8 Å². The van der Waals surface area contributed by atoms with Crippen LogP contribution >= 0.6 is 11.3 Å². The van der Waals surface area contributed by atoms with Crippen LogP contribution in [0.1, 0.15) is 43.9 Å². The van der Waals surface area contributed by atoms with E-state index >= 15 is 0 Å². The molecule has 0 bridgehead atoms. The fourth-order valence-corrected chi connectivity index (χ4v) is 5.50. The molecule has 0 unspecified atom stereocenters. The Kier molecular flexibility index (Phi) is 9.35. The molecule has 0 radical (unpaired) electrons. The Morgan fingerprint density at radius 2 is 1.90 bits per heavy atom. The maximum Gasteiger partial charge on any atom is 0.416 e. The molecule has 1 aliphatic carbocycles. The number of rotatable bonds is 8. The monoisotopic (exact) mass is 600 g/mol. The van der Waals surface area contributed by atoms with Gasteiger partial charge in [0.2, 0.25) is 5.91 Å². The molecule has 0 N–H and O–H groups in total. The van der Waals surface area contributed by atoms with E-state index in [4.69, 9.17) is 4.74 Å². The van der Waals surface area contributed by atoms with Gasteiger partial charge in [-0.05, 0) is 29.3 Å². The van der Waals surface area contributed by atoms with Crippen LogP contribution in [0.4, 0.5) is 29.5 Å². The van der Waals surface area contributed by atoms with E-state index in [1.165, 1.54) is 53.1 Å². The second-order valence-electron chi connectivity index (χ2n) is 9.60. The highest BCUT2D eigenvalue weighted by atomic mass is 32.1. The highest BCUT2D eigenvalue weighted by molar-refractivity contribution is 7.07. The van der Waals surface area contributed by atoms with E-state index in [9.17, 15) is 27.6 Å². The number of aromatic nitrogens is 1. The summed E-state index contributed by atoms with van der Waals surface area (Å²) in [5, 5.41) is 1.57. The minimum Gasteiger partial charge on any atom is -0.446 e. The Bertz CT molecular complexity index is 1440. The summed E-state index contributed by atoms with van der Waals surface area (Å²) in [7, 11) is 1.41. The number of benzene rings is 2. The van der Waals surface area contributed by atoms with Gasteiger partial charge in [0.15, 0.2) is 6.04 Å². The first kappa shape index (κ1) is 30.8. The van der Waals surface area contributed by atoms with Crippen LogP contribution in [-0.2, 0) is 14.3 Å². The molecule has 3 amide bonds. The van der Waals surface area contributed by atoms with Crippen molar-refractivity contribution in [1.29, 1.82) is 0 Å². The highest BCUT2D eigenvalue weighted by Crippen LogP contribution is 2.42. The molecule has 8 nitrogen and oxygen atoms in total. The molecular formula is C30H31F3N4O4S. The lowest BCUT2D eigenvalue weighted by molar-refractivity contribution is -0.152. The van der Waals surface area contributed by atoms with Gasteiger partial charge in [-0.15, -0.1) is 11.3 Å². The van der Waals surface area contributed by atoms with E-state index in [2.05, 4.69) is 11.6 Å². The van der Waals surface area contributed by atoms with E-state index in [0.717, 1.165) is 15.9 Å². The van der Waals surface area contributed by atoms with Crippen LogP contribution in [0, 0.1) is 5.82 Å². The minimum atomic E-state index is -2.89. The number of thiazole rings is 1. The number of cyclic esters (lactones) is 1. The molecule has 12 heteroatoms. The van der Waals surface area contributed by atoms with Gasteiger partial charge in [-0.25, -0.2) is 27.8 Å². The summed E-state index contributed by atoms with van der Waals surface area (Å²) in [5.74, 6) is -4.76. The summed E-state index contributed by atoms with van der Waals surface area (Å²) >= 11 is 1.21. The lowest BCUT2D eigenvalue weighted by atomic mass is 9.86. The third-order valence-electron chi connectivity index (χ3n) is 7.11. The summed E-state index contributed by atoms with van der Waals surface area (Å²) in [6.45, 7) is 7.48. The van der Waals surface area contributed by atoms with Gasteiger partial charge in [-0.1, -0.05) is 56.8 Å². The molecule has 3 aromatic rings. The van der Waals surface area contributed by atoms with E-state index in [0.29, 0.717) is 11.1 Å². The number of likely N-dealkylation sites (N-methyl/N-ethyl adjacent to an activating group) is 1. The molecule has 42 heavy (non-hydrogen) atoms. The number of hydrogen-bond donors (Lipinski definition) is 0. The topological polar surface area (TPSA) is 83.1 Å². The van der Waals surface area contributed by atoms with Crippen LogP contribution in [0.2, 0.25) is 0 Å². The Morgan fingerprint density at radius 3 is 2.52 bits per heavy atom. The quantitative estimate of drug-likeness (QED) is 0.303. The van der Waals surface area contributed by atoms with Crippen molar-refractivity contribution < 1.29 is 32.3 Å². The van der Waals surface area contributed by atoms with Crippen LogP contribution in [0.5, 0.6) is 0 Å². The number of halogens is 3. The molecule has 1 saturated heterocycles. The smallest absolute Gasteiger partial charge is 0.416 e. The number of carbonyl (C=O) groups is 3. The standard InChI is InChI=1S/C28H25F3N4O4S.C2H6/c1-3-17-7-4-5-10-21(17)24(26(37)33(2)20-12-28(30,31)13-20)34(19-9-6-8-18(29)11-19)25(36)22-14-39-27(38)35(22)23-15-40-16-32-23;1-2/h3-11,15-16,20,22,24H,1,12-14H2,2H3;1-2H3/t22-,24-;/m0./s1. The van der Waals surface area contributed by atoms with Gasteiger partial charge < -0.3 is 9.64 Å². The molecule has 1 aliphatic heterocycles. The molecule has 222 valence electrons. The average Bonchev–Trinajstić information content (AvgIpc) is 3.64. The second kappa shape index (κ2) is 12.8. The molecule has 5 rings (SSSR count). The largest absolute Gasteiger partial charge is 0.446 e. The molecule has 2 aromatic carbocycles. The van der Waals surface area contributed by atoms with Gasteiger partial charge in [0.25, 0.3) is 11.8 Å². The fourth-order valence-electron chi connectivity index (χ4n) is 4.98. The molecule has 2 atom stereocenters. The lowest BCUT2D eigenvalue weighted by Gasteiger charge is -2.43. The van der Waals surface area contributed by atoms with E-state index in [1.54, 1.807) is 29.6 Å². The van der Waals surface area contributed by atoms with Gasteiger partial charge >= 0.3 is 6.09 Å². The molecule has 0 spiro atoms. The van der Waals surface area contributed by atoms with Crippen molar-refractivity contribution in [2.75, 3.05) is 23.5 Å². The van der Waals surface area contributed by atoms with E-state index in [-0.39, 0.29) is 18.1 Å². The maximum absolute atomic E-state index is 14.5. The van der Waals surface area contributed by atoms with E-state index < -0.39 is 60.6 Å². The van der Waals surface area contributed by atoms with Crippen molar-refractivity contribution in [2.24, 2.45) is 0 Å². The van der Waals surface area contributed by atoms with Crippen LogP contribution in [0.25, 0.3) is 6.08 Å². The van der Waals surface area contributed by atoms with Crippen molar-refractivity contribution in [3.63, 3.8) is 0 Å². The zero-order valence-electron chi connectivity index (χ0n) is 23.4. The number of nitrogens with zero attached hydrogens (tertiary/aromatic N) is 4. The van der Waals surface area contributed by atoms with Crippen molar-refractivity contribution >= 4 is 46.8 Å². The Hall–Kier alpha value is -4.19. The zero-order chi connectivity index (χ0) is 30.6. The number of carbonyl (C=O) groups excluding carboxylic acids is 3. The van der Waals surface area contributed by atoms with Gasteiger partial charge in [-0.3, -0.25) is 14.5 Å². The Balaban J connectivity index is 0.00000198. The van der Waals surface area contributed by atoms with Gasteiger partial charge in [0.05, 0.1) is 5.51 Å². The zero-order valence-corrected chi connectivity index (χ0v) is 24.2. The molecule has 2 heterocycles. The van der Waals surface area contributed by atoms with Crippen molar-refractivity contribution in [2.45, 2.75) is 50.7 Å².